The van der Waals surface area contributed by atoms with Gasteiger partial charge in [0.15, 0.2) is 5.78 Å². The predicted octanol–water partition coefficient (Wildman–Crippen LogP) is 3.92. The van der Waals surface area contributed by atoms with E-state index in [4.69, 9.17) is 0 Å². The van der Waals surface area contributed by atoms with E-state index in [0.717, 1.165) is 23.1 Å². The van der Waals surface area contributed by atoms with Crippen molar-refractivity contribution in [3.63, 3.8) is 0 Å². The first kappa shape index (κ1) is 17.1. The summed E-state index contributed by atoms with van der Waals surface area (Å²) in [5.41, 5.74) is 2.58. The van der Waals surface area contributed by atoms with E-state index in [0.29, 0.717) is 16.9 Å². The van der Waals surface area contributed by atoms with Crippen molar-refractivity contribution in [2.24, 2.45) is 0 Å². The second-order valence-corrected chi connectivity index (χ2v) is 6.42. The summed E-state index contributed by atoms with van der Waals surface area (Å²) < 4.78 is 27.9. The van der Waals surface area contributed by atoms with Crippen LogP contribution >= 0.6 is 0 Å². The van der Waals surface area contributed by atoms with E-state index in [1.165, 1.54) is 19.2 Å². The minimum Gasteiger partial charge on any atom is -0.339 e. The molecule has 0 radical (unpaired) electrons. The van der Waals surface area contributed by atoms with Crippen LogP contribution in [0.15, 0.2) is 47.8 Å². The Labute approximate surface area is 153 Å². The van der Waals surface area contributed by atoms with Gasteiger partial charge in [0.25, 0.3) is 12.3 Å². The van der Waals surface area contributed by atoms with Crippen molar-refractivity contribution in [1.82, 2.24) is 9.78 Å². The summed E-state index contributed by atoms with van der Waals surface area (Å²) >= 11 is 0. The normalized spacial score (nSPS) is 15.2. The number of carbonyl (C=O) groups excluding carboxylic acids is 2. The van der Waals surface area contributed by atoms with E-state index in [9.17, 15) is 18.4 Å². The third kappa shape index (κ3) is 3.25. The van der Waals surface area contributed by atoms with Crippen molar-refractivity contribution < 1.29 is 18.4 Å². The fraction of sp³-hybridized carbons (Fsp3) is 0.211. The fourth-order valence-corrected chi connectivity index (χ4v) is 2.87. The number of Topliss-reactive ketones (excluding diaryl/α,β-unsaturated/α-hetero) is 1. The number of carbonyl (C=O) groups is 2. The highest BCUT2D eigenvalue weighted by atomic mass is 19.3. The number of nitrogens with one attached hydrogen (secondary N) is 2. The number of allylic oxidation sites excluding steroid dienone is 3. The van der Waals surface area contributed by atoms with Gasteiger partial charge < -0.3 is 10.6 Å². The van der Waals surface area contributed by atoms with Crippen molar-refractivity contribution in [3.8, 4) is 0 Å². The number of alkyl halides is 2. The van der Waals surface area contributed by atoms with Crippen molar-refractivity contribution in [2.45, 2.75) is 26.2 Å². The Morgan fingerprint density at radius 2 is 1.93 bits per heavy atom. The summed E-state index contributed by atoms with van der Waals surface area (Å²) in [5, 5.41) is 9.70. The highest BCUT2D eigenvalue weighted by Gasteiger charge is 2.30. The summed E-state index contributed by atoms with van der Waals surface area (Å²) in [4.78, 5) is 24.0. The summed E-state index contributed by atoms with van der Waals surface area (Å²) in [6.07, 6.45) is 1.64. The first-order valence-corrected chi connectivity index (χ1v) is 8.43. The lowest BCUT2D eigenvalue weighted by molar-refractivity contribution is 0.101. The number of hydrogen-bond donors (Lipinski definition) is 2. The molecule has 2 heterocycles. The van der Waals surface area contributed by atoms with E-state index < -0.39 is 12.3 Å². The molecule has 1 aliphatic carbocycles. The van der Waals surface area contributed by atoms with Crippen molar-refractivity contribution >= 4 is 28.9 Å². The molecule has 138 valence electrons. The van der Waals surface area contributed by atoms with E-state index in [-0.39, 0.29) is 22.9 Å². The van der Waals surface area contributed by atoms with Crippen LogP contribution in [0, 0.1) is 0 Å². The van der Waals surface area contributed by atoms with Gasteiger partial charge in [0.1, 0.15) is 17.1 Å². The lowest BCUT2D eigenvalue weighted by atomic mass is 10.1. The zero-order valence-corrected chi connectivity index (χ0v) is 14.4. The van der Waals surface area contributed by atoms with Gasteiger partial charge in [0, 0.05) is 16.9 Å². The highest BCUT2D eigenvalue weighted by Crippen LogP contribution is 2.38. The third-order valence-electron chi connectivity index (χ3n) is 4.46. The Balaban J connectivity index is 1.62. The van der Waals surface area contributed by atoms with Gasteiger partial charge in [-0.25, -0.2) is 13.5 Å². The average molecular weight is 370 g/mol. The summed E-state index contributed by atoms with van der Waals surface area (Å²) in [6.45, 7) is 1.46. The topological polar surface area (TPSA) is 76.0 Å². The van der Waals surface area contributed by atoms with Crippen molar-refractivity contribution in [3.05, 3.63) is 58.9 Å². The minimum atomic E-state index is -2.71. The monoisotopic (exact) mass is 370 g/mol. The zero-order valence-electron chi connectivity index (χ0n) is 14.4. The van der Waals surface area contributed by atoms with Crippen molar-refractivity contribution in [2.75, 3.05) is 10.6 Å². The number of fused-ring (bicyclic) bond motifs is 1. The molecule has 27 heavy (non-hydrogen) atoms. The first-order chi connectivity index (χ1) is 12.9. The van der Waals surface area contributed by atoms with Crippen LogP contribution in [0.3, 0.4) is 0 Å². The molecule has 1 aromatic carbocycles. The standard InChI is InChI=1S/C19H16F2N4O2/c1-10(26)11-4-6-13(7-5-11)23-19(27)14-9-22-25-16(17(20)21)8-15(12-2-3-12)24-18(14)25/h4-9,17,24H,2-3H2,1H3,(H,23,27). The molecule has 1 amide bonds. The molecule has 2 aromatic rings. The van der Waals surface area contributed by atoms with Crippen LogP contribution in [0.25, 0.3) is 5.70 Å². The molecule has 1 aromatic heterocycles. The molecule has 1 fully saturated rings. The van der Waals surface area contributed by atoms with E-state index in [1.54, 1.807) is 24.3 Å². The Hall–Kier alpha value is -3.29. The number of aromatic nitrogens is 2. The van der Waals surface area contributed by atoms with E-state index in [2.05, 4.69) is 15.7 Å². The minimum absolute atomic E-state index is 0.0743. The number of hydrogen-bond acceptors (Lipinski definition) is 4. The van der Waals surface area contributed by atoms with Gasteiger partial charge in [0.05, 0.1) is 6.20 Å². The van der Waals surface area contributed by atoms with Gasteiger partial charge in [-0.2, -0.15) is 5.10 Å². The molecule has 0 spiro atoms. The smallest absolute Gasteiger partial charge is 0.280 e. The number of rotatable bonds is 4. The summed E-state index contributed by atoms with van der Waals surface area (Å²) in [7, 11) is 0. The largest absolute Gasteiger partial charge is 0.339 e. The molecular weight excluding hydrogens is 354 g/mol. The fourth-order valence-electron chi connectivity index (χ4n) is 2.87. The van der Waals surface area contributed by atoms with Gasteiger partial charge in [-0.3, -0.25) is 9.59 Å². The molecule has 8 heteroatoms. The van der Waals surface area contributed by atoms with Crippen LogP contribution in [0.5, 0.6) is 0 Å². The van der Waals surface area contributed by atoms with Crippen LogP contribution in [0.4, 0.5) is 20.3 Å². The number of benzene rings is 1. The zero-order chi connectivity index (χ0) is 19.1. The highest BCUT2D eigenvalue weighted by molar-refractivity contribution is 6.08. The average Bonchev–Trinajstić information content (AvgIpc) is 3.40. The Kier molecular flexibility index (Phi) is 4.10. The van der Waals surface area contributed by atoms with Gasteiger partial charge in [-0.05, 0) is 55.7 Å². The van der Waals surface area contributed by atoms with E-state index >= 15 is 0 Å². The Bertz CT molecular complexity index is 997. The molecule has 6 nitrogen and oxygen atoms in total. The Morgan fingerprint density at radius 1 is 1.22 bits per heavy atom. The molecule has 4 rings (SSSR count). The summed E-state index contributed by atoms with van der Waals surface area (Å²) in [6, 6.07) is 6.44. The van der Waals surface area contributed by atoms with Gasteiger partial charge in [0.2, 0.25) is 0 Å². The van der Waals surface area contributed by atoms with Crippen LogP contribution in [0.1, 0.15) is 40.5 Å². The molecule has 2 N–H and O–H groups in total. The van der Waals surface area contributed by atoms with Gasteiger partial charge >= 0.3 is 0 Å². The molecule has 0 atom stereocenters. The molecule has 0 saturated heterocycles. The molecule has 0 bridgehead atoms. The maximum Gasteiger partial charge on any atom is 0.280 e. The Morgan fingerprint density at radius 3 is 2.52 bits per heavy atom. The molecule has 1 saturated carbocycles. The molecule has 2 aliphatic rings. The molecule has 1 aliphatic heterocycles. The van der Waals surface area contributed by atoms with Crippen molar-refractivity contribution in [1.29, 1.82) is 0 Å². The van der Waals surface area contributed by atoms with Crippen LogP contribution < -0.4 is 10.6 Å². The maximum absolute atomic E-state index is 13.4. The quantitative estimate of drug-likeness (QED) is 0.800. The number of ketones is 1. The van der Waals surface area contributed by atoms with Gasteiger partial charge in [-0.1, -0.05) is 0 Å². The van der Waals surface area contributed by atoms with Crippen LogP contribution in [-0.2, 0) is 0 Å². The number of halogens is 2. The maximum atomic E-state index is 13.4. The lowest BCUT2D eigenvalue weighted by Gasteiger charge is -2.20. The lowest BCUT2D eigenvalue weighted by Crippen LogP contribution is -2.20. The van der Waals surface area contributed by atoms with Crippen LogP contribution in [-0.4, -0.2) is 27.9 Å². The van der Waals surface area contributed by atoms with Gasteiger partial charge in [-0.15, -0.1) is 0 Å². The second kappa shape index (κ2) is 6.46. The van der Waals surface area contributed by atoms with Crippen LogP contribution in [0.2, 0.25) is 0 Å². The van der Waals surface area contributed by atoms with E-state index in [1.807, 2.05) is 0 Å². The first-order valence-electron chi connectivity index (χ1n) is 8.43. The SMILES string of the molecule is CC(=O)c1ccc(NC(=O)c2cnn3c2NC(=C2CC2)C=C3C(F)F)cc1. The third-order valence-corrected chi connectivity index (χ3v) is 4.46. The number of anilines is 2. The number of amides is 1. The second-order valence-electron chi connectivity index (χ2n) is 6.42. The summed E-state index contributed by atoms with van der Waals surface area (Å²) in [5.74, 6) is -0.329. The molecule has 0 unspecified atom stereocenters. The predicted molar refractivity (Wildman–Crippen MR) is 96.8 cm³/mol. The molecular formula is C19H16F2N4O2. The number of nitrogens with zero attached hydrogens (tertiary/aromatic N) is 2.